The van der Waals surface area contributed by atoms with Gasteiger partial charge in [0.05, 0.1) is 12.2 Å². The van der Waals surface area contributed by atoms with E-state index in [2.05, 4.69) is 23.7 Å². The molecule has 0 amide bonds. The minimum atomic E-state index is -0.816. The average molecular weight is 436 g/mol. The van der Waals surface area contributed by atoms with Crippen LogP contribution >= 0.6 is 0 Å². The summed E-state index contributed by atoms with van der Waals surface area (Å²) >= 11 is 0. The maximum Gasteiger partial charge on any atom is 0.190 e. The van der Waals surface area contributed by atoms with Gasteiger partial charge in [-0.1, -0.05) is 37.0 Å². The minimum Gasteiger partial charge on any atom is -0.488 e. The van der Waals surface area contributed by atoms with Crippen molar-refractivity contribution < 1.29 is 22.3 Å². The number of hydrogen-bond donors (Lipinski definition) is 0. The molecule has 0 aromatic heterocycles. The van der Waals surface area contributed by atoms with Gasteiger partial charge < -0.3 is 4.74 Å². The lowest BCUT2D eigenvalue weighted by molar-refractivity contribution is 0.302. The van der Waals surface area contributed by atoms with Gasteiger partial charge in [0.25, 0.3) is 0 Å². The first-order valence-electron chi connectivity index (χ1n) is 10.1. The van der Waals surface area contributed by atoms with Crippen molar-refractivity contribution in [2.45, 2.75) is 26.7 Å². The van der Waals surface area contributed by atoms with E-state index in [-0.39, 0.29) is 17.7 Å². The highest BCUT2D eigenvalue weighted by Gasteiger charge is 2.11. The number of benzene rings is 3. The molecule has 0 saturated carbocycles. The molecule has 5 heteroatoms. The number of ether oxygens (including phenoxy) is 1. The van der Waals surface area contributed by atoms with Gasteiger partial charge in [-0.05, 0) is 67.4 Å². The van der Waals surface area contributed by atoms with E-state index < -0.39 is 29.0 Å². The largest absolute Gasteiger partial charge is 0.488 e. The van der Waals surface area contributed by atoms with E-state index in [1.165, 1.54) is 12.1 Å². The normalized spacial score (nSPS) is 10.1. The molecule has 0 spiro atoms. The Hall–Kier alpha value is -3.70. The van der Waals surface area contributed by atoms with Gasteiger partial charge in [-0.3, -0.25) is 0 Å². The molecule has 0 N–H and O–H groups in total. The lowest BCUT2D eigenvalue weighted by Gasteiger charge is -2.05. The molecule has 0 aliphatic rings. The lowest BCUT2D eigenvalue weighted by Crippen LogP contribution is -1.98. The van der Waals surface area contributed by atoms with E-state index in [4.69, 9.17) is 4.74 Å². The summed E-state index contributed by atoms with van der Waals surface area (Å²) in [5.41, 5.74) is 1.64. The summed E-state index contributed by atoms with van der Waals surface area (Å²) < 4.78 is 61.1. The van der Waals surface area contributed by atoms with E-state index in [0.29, 0.717) is 23.1 Å². The van der Waals surface area contributed by atoms with Crippen molar-refractivity contribution in [1.82, 2.24) is 0 Å². The second-order valence-corrected chi connectivity index (χ2v) is 6.96. The standard InChI is InChI=1S/C27H20F4O/c1-3-5-20-14-23(28)22(24(29)15-20)13-12-19-8-6-18(7-9-19)10-11-21-16-25(30)27(32-4-2)26(31)17-21/h6-9,14-17H,3-5H2,1-2H3. The maximum absolute atomic E-state index is 14.2. The molecule has 0 radical (unpaired) electrons. The Morgan fingerprint density at radius 1 is 0.656 bits per heavy atom. The highest BCUT2D eigenvalue weighted by Crippen LogP contribution is 2.23. The molecule has 0 unspecified atom stereocenters. The van der Waals surface area contributed by atoms with Crippen LogP contribution in [0, 0.1) is 47.0 Å². The van der Waals surface area contributed by atoms with Crippen LogP contribution in [-0.4, -0.2) is 6.61 Å². The van der Waals surface area contributed by atoms with Crippen molar-refractivity contribution >= 4 is 0 Å². The van der Waals surface area contributed by atoms with Crippen molar-refractivity contribution in [3.05, 3.63) is 99.6 Å². The summed E-state index contributed by atoms with van der Waals surface area (Å²) in [4.78, 5) is 0. The number of hydrogen-bond acceptors (Lipinski definition) is 1. The molecule has 3 aromatic rings. The first-order chi connectivity index (χ1) is 15.4. The Balaban J connectivity index is 1.77. The Morgan fingerprint density at radius 2 is 1.16 bits per heavy atom. The predicted octanol–water partition coefficient (Wildman–Crippen LogP) is 6.39. The van der Waals surface area contributed by atoms with Gasteiger partial charge in [0.2, 0.25) is 0 Å². The fourth-order valence-electron chi connectivity index (χ4n) is 3.01. The topological polar surface area (TPSA) is 9.23 Å². The molecule has 0 aliphatic carbocycles. The van der Waals surface area contributed by atoms with Crippen molar-refractivity contribution in [1.29, 1.82) is 0 Å². The molecule has 0 atom stereocenters. The average Bonchev–Trinajstić information content (AvgIpc) is 2.75. The molecule has 32 heavy (non-hydrogen) atoms. The summed E-state index contributed by atoms with van der Waals surface area (Å²) in [6, 6.07) is 11.5. The van der Waals surface area contributed by atoms with Crippen molar-refractivity contribution in [2.24, 2.45) is 0 Å². The Labute approximate surface area is 185 Å². The number of aryl methyl sites for hydroxylation is 1. The molecule has 0 aliphatic heterocycles. The summed E-state index contributed by atoms with van der Waals surface area (Å²) in [7, 11) is 0. The van der Waals surface area contributed by atoms with Crippen molar-refractivity contribution in [2.75, 3.05) is 6.61 Å². The van der Waals surface area contributed by atoms with Crippen molar-refractivity contribution in [3.63, 3.8) is 0 Å². The zero-order valence-electron chi connectivity index (χ0n) is 17.7. The van der Waals surface area contributed by atoms with Crippen LogP contribution in [0.15, 0.2) is 48.5 Å². The second-order valence-electron chi connectivity index (χ2n) is 6.96. The van der Waals surface area contributed by atoms with Crippen LogP contribution in [0.5, 0.6) is 5.75 Å². The van der Waals surface area contributed by atoms with Crippen LogP contribution in [-0.2, 0) is 6.42 Å². The zero-order valence-corrected chi connectivity index (χ0v) is 17.7. The third kappa shape index (κ3) is 5.71. The molecule has 3 rings (SSSR count). The Kier molecular flexibility index (Phi) is 7.58. The number of halogens is 4. The highest BCUT2D eigenvalue weighted by atomic mass is 19.1. The maximum atomic E-state index is 14.2. The highest BCUT2D eigenvalue weighted by molar-refractivity contribution is 5.49. The fourth-order valence-corrected chi connectivity index (χ4v) is 3.01. The summed E-state index contributed by atoms with van der Waals surface area (Å²) in [6.07, 6.45) is 1.39. The molecule has 0 bridgehead atoms. The first kappa shape index (κ1) is 23.0. The molecular weight excluding hydrogens is 416 g/mol. The van der Waals surface area contributed by atoms with Crippen LogP contribution in [0.1, 0.15) is 48.1 Å². The summed E-state index contributed by atoms with van der Waals surface area (Å²) in [6.45, 7) is 3.72. The quantitative estimate of drug-likeness (QED) is 0.340. The summed E-state index contributed by atoms with van der Waals surface area (Å²) in [5, 5.41) is 0. The third-order valence-corrected chi connectivity index (χ3v) is 4.50. The van der Waals surface area contributed by atoms with Crippen LogP contribution in [0.25, 0.3) is 0 Å². The van der Waals surface area contributed by atoms with Crippen LogP contribution in [0.2, 0.25) is 0 Å². The third-order valence-electron chi connectivity index (χ3n) is 4.50. The van der Waals surface area contributed by atoms with E-state index in [1.807, 2.05) is 6.92 Å². The Bertz CT molecular complexity index is 1190. The van der Waals surface area contributed by atoms with E-state index in [9.17, 15) is 17.6 Å². The first-order valence-corrected chi connectivity index (χ1v) is 10.1. The zero-order chi connectivity index (χ0) is 23.1. The van der Waals surface area contributed by atoms with Crippen LogP contribution in [0.3, 0.4) is 0 Å². The SMILES string of the molecule is CCCc1cc(F)c(C#Cc2ccc(C#Cc3cc(F)c(OCC)c(F)c3)cc2)c(F)c1. The number of rotatable bonds is 4. The fraction of sp³-hybridized carbons (Fsp3) is 0.185. The molecule has 0 saturated heterocycles. The Morgan fingerprint density at radius 3 is 1.66 bits per heavy atom. The van der Waals surface area contributed by atoms with E-state index in [1.54, 1.807) is 31.2 Å². The van der Waals surface area contributed by atoms with Crippen LogP contribution < -0.4 is 4.74 Å². The van der Waals surface area contributed by atoms with Gasteiger partial charge in [0.1, 0.15) is 11.6 Å². The van der Waals surface area contributed by atoms with Gasteiger partial charge in [0, 0.05) is 16.7 Å². The molecule has 0 heterocycles. The van der Waals surface area contributed by atoms with Crippen LogP contribution in [0.4, 0.5) is 17.6 Å². The van der Waals surface area contributed by atoms with Gasteiger partial charge in [-0.15, -0.1) is 0 Å². The van der Waals surface area contributed by atoms with Crippen molar-refractivity contribution in [3.8, 4) is 29.4 Å². The smallest absolute Gasteiger partial charge is 0.190 e. The van der Waals surface area contributed by atoms with Gasteiger partial charge in [0.15, 0.2) is 17.4 Å². The molecule has 0 fully saturated rings. The summed E-state index contributed by atoms with van der Waals surface area (Å²) in [5.74, 6) is 7.37. The minimum absolute atomic E-state index is 0.150. The van der Waals surface area contributed by atoms with Gasteiger partial charge in [-0.2, -0.15) is 0 Å². The molecular formula is C27H20F4O. The molecule has 3 aromatic carbocycles. The monoisotopic (exact) mass is 436 g/mol. The van der Waals surface area contributed by atoms with Gasteiger partial charge in [-0.25, -0.2) is 17.6 Å². The molecule has 162 valence electrons. The predicted molar refractivity (Wildman–Crippen MR) is 116 cm³/mol. The molecule has 1 nitrogen and oxygen atoms in total. The van der Waals surface area contributed by atoms with E-state index in [0.717, 1.165) is 18.6 Å². The van der Waals surface area contributed by atoms with Gasteiger partial charge >= 0.3 is 0 Å². The van der Waals surface area contributed by atoms with E-state index >= 15 is 0 Å². The second kappa shape index (κ2) is 10.6. The lowest BCUT2D eigenvalue weighted by atomic mass is 10.1.